The predicted octanol–water partition coefficient (Wildman–Crippen LogP) is 2.15. The number of rotatable bonds is 4. The van der Waals surface area contributed by atoms with Gasteiger partial charge in [0.2, 0.25) is 0 Å². The van der Waals surface area contributed by atoms with Gasteiger partial charge in [-0.1, -0.05) is 18.5 Å². The van der Waals surface area contributed by atoms with Crippen LogP contribution in [-0.4, -0.2) is 39.7 Å². The molecule has 1 aliphatic heterocycles. The Hall–Kier alpha value is -1.00. The maximum atomic E-state index is 12.5. The predicted molar refractivity (Wildman–Crippen MR) is 70.9 cm³/mol. The highest BCUT2D eigenvalue weighted by Gasteiger charge is 2.30. The van der Waals surface area contributed by atoms with Crippen LogP contribution < -0.4 is 0 Å². The monoisotopic (exact) mass is 270 g/mol. The molecule has 1 atom stereocenters. The molecular weight excluding hydrogens is 252 g/mol. The fourth-order valence-electron chi connectivity index (χ4n) is 2.52. The summed E-state index contributed by atoms with van der Waals surface area (Å²) >= 11 is 5.98. The molecule has 0 bridgehead atoms. The first kappa shape index (κ1) is 13.4. The first-order valence-corrected chi connectivity index (χ1v) is 6.82. The van der Waals surface area contributed by atoms with E-state index in [9.17, 15) is 9.90 Å². The molecule has 2 rings (SSSR count). The number of hydrogen-bond donors (Lipinski definition) is 1. The molecule has 2 heterocycles. The van der Waals surface area contributed by atoms with E-state index in [-0.39, 0.29) is 18.6 Å². The van der Waals surface area contributed by atoms with Gasteiger partial charge >= 0.3 is 0 Å². The largest absolute Gasteiger partial charge is 0.394 e. The molecule has 0 radical (unpaired) electrons. The maximum Gasteiger partial charge on any atom is 0.270 e. The number of halogens is 1. The number of aryl methyl sites for hydroxylation is 1. The Balaban J connectivity index is 2.22. The molecule has 0 aromatic carbocycles. The minimum absolute atomic E-state index is 0.0214. The molecule has 1 aliphatic rings. The number of aromatic nitrogens is 1. The molecule has 18 heavy (non-hydrogen) atoms. The van der Waals surface area contributed by atoms with Crippen LogP contribution in [0.1, 0.15) is 36.7 Å². The molecule has 1 N–H and O–H groups in total. The summed E-state index contributed by atoms with van der Waals surface area (Å²) in [6.07, 6.45) is 4.58. The Morgan fingerprint density at radius 2 is 2.39 bits per heavy atom. The standard InChI is InChI=1S/C13H19ClN2O2/c1-2-5-15-8-10(14)7-12(15)13(18)16-6-3-4-11(16)9-17/h7-8,11,17H,2-6,9H2,1H3. The van der Waals surface area contributed by atoms with Crippen LogP contribution in [0, 0.1) is 0 Å². The van der Waals surface area contributed by atoms with E-state index in [1.807, 2.05) is 4.57 Å². The van der Waals surface area contributed by atoms with Crippen LogP contribution in [0.15, 0.2) is 12.3 Å². The molecule has 1 aromatic rings. The van der Waals surface area contributed by atoms with E-state index in [4.69, 9.17) is 11.6 Å². The average Bonchev–Trinajstić information content (AvgIpc) is 2.95. The smallest absolute Gasteiger partial charge is 0.270 e. The molecular formula is C13H19ClN2O2. The number of likely N-dealkylation sites (tertiary alicyclic amines) is 1. The summed E-state index contributed by atoms with van der Waals surface area (Å²) < 4.78 is 1.90. The van der Waals surface area contributed by atoms with E-state index in [1.165, 1.54) is 0 Å². The molecule has 1 saturated heterocycles. The fourth-order valence-corrected chi connectivity index (χ4v) is 2.74. The summed E-state index contributed by atoms with van der Waals surface area (Å²) in [4.78, 5) is 14.2. The highest BCUT2D eigenvalue weighted by atomic mass is 35.5. The minimum atomic E-state index is -0.0405. The minimum Gasteiger partial charge on any atom is -0.394 e. The molecule has 0 spiro atoms. The van der Waals surface area contributed by atoms with E-state index in [2.05, 4.69) is 6.92 Å². The number of aliphatic hydroxyl groups is 1. The molecule has 1 fully saturated rings. The Labute approximate surface area is 112 Å². The molecule has 0 saturated carbocycles. The lowest BCUT2D eigenvalue weighted by atomic mass is 10.2. The average molecular weight is 271 g/mol. The number of hydrogen-bond acceptors (Lipinski definition) is 2. The van der Waals surface area contributed by atoms with Crippen LogP contribution in [-0.2, 0) is 6.54 Å². The van der Waals surface area contributed by atoms with Crippen LogP contribution >= 0.6 is 11.6 Å². The van der Waals surface area contributed by atoms with Crippen molar-refractivity contribution in [2.75, 3.05) is 13.2 Å². The van der Waals surface area contributed by atoms with E-state index in [1.54, 1.807) is 17.2 Å². The Morgan fingerprint density at radius 3 is 3.06 bits per heavy atom. The third-order valence-corrected chi connectivity index (χ3v) is 3.60. The topological polar surface area (TPSA) is 45.5 Å². The van der Waals surface area contributed by atoms with Crippen molar-refractivity contribution in [1.29, 1.82) is 0 Å². The summed E-state index contributed by atoms with van der Waals surface area (Å²) in [6.45, 7) is 3.60. The fraction of sp³-hybridized carbons (Fsp3) is 0.615. The summed E-state index contributed by atoms with van der Waals surface area (Å²) in [7, 11) is 0. The van der Waals surface area contributed by atoms with Crippen LogP contribution in [0.4, 0.5) is 0 Å². The first-order valence-electron chi connectivity index (χ1n) is 6.45. The van der Waals surface area contributed by atoms with E-state index in [0.717, 1.165) is 32.4 Å². The second-order valence-electron chi connectivity index (χ2n) is 4.71. The number of amides is 1. The molecule has 0 aliphatic carbocycles. The summed E-state index contributed by atoms with van der Waals surface area (Å²) in [5.41, 5.74) is 0.627. The zero-order valence-corrected chi connectivity index (χ0v) is 11.4. The Kier molecular flexibility index (Phi) is 4.30. The van der Waals surface area contributed by atoms with Crippen molar-refractivity contribution >= 4 is 17.5 Å². The summed E-state index contributed by atoms with van der Waals surface area (Å²) in [5, 5.41) is 9.87. The maximum absolute atomic E-state index is 12.5. The molecule has 1 amide bonds. The van der Waals surface area contributed by atoms with E-state index < -0.39 is 0 Å². The van der Waals surface area contributed by atoms with Gasteiger partial charge in [0, 0.05) is 19.3 Å². The van der Waals surface area contributed by atoms with Crippen LogP contribution in [0.3, 0.4) is 0 Å². The number of carbonyl (C=O) groups is 1. The van der Waals surface area contributed by atoms with Gasteiger partial charge in [-0.2, -0.15) is 0 Å². The van der Waals surface area contributed by atoms with Gasteiger partial charge in [0.1, 0.15) is 5.69 Å². The van der Waals surface area contributed by atoms with Crippen molar-refractivity contribution < 1.29 is 9.90 Å². The van der Waals surface area contributed by atoms with Gasteiger partial charge in [-0.15, -0.1) is 0 Å². The SMILES string of the molecule is CCCn1cc(Cl)cc1C(=O)N1CCCC1CO. The van der Waals surface area contributed by atoms with Crippen molar-refractivity contribution in [3.05, 3.63) is 23.0 Å². The Bertz CT molecular complexity index is 431. The second-order valence-corrected chi connectivity index (χ2v) is 5.15. The van der Waals surface area contributed by atoms with Crippen molar-refractivity contribution in [2.24, 2.45) is 0 Å². The molecule has 100 valence electrons. The summed E-state index contributed by atoms with van der Waals surface area (Å²) in [5.74, 6) is -0.0214. The number of nitrogens with zero attached hydrogens (tertiary/aromatic N) is 2. The van der Waals surface area contributed by atoms with Gasteiger partial charge in [0.15, 0.2) is 0 Å². The quantitative estimate of drug-likeness (QED) is 0.911. The van der Waals surface area contributed by atoms with Gasteiger partial charge in [0.25, 0.3) is 5.91 Å². The molecule has 1 aromatic heterocycles. The lowest BCUT2D eigenvalue weighted by Gasteiger charge is -2.23. The highest BCUT2D eigenvalue weighted by molar-refractivity contribution is 6.31. The van der Waals surface area contributed by atoms with Crippen LogP contribution in [0.5, 0.6) is 0 Å². The van der Waals surface area contributed by atoms with E-state index in [0.29, 0.717) is 10.7 Å². The Morgan fingerprint density at radius 1 is 1.61 bits per heavy atom. The van der Waals surface area contributed by atoms with Gasteiger partial charge in [-0.3, -0.25) is 4.79 Å². The number of aliphatic hydroxyl groups excluding tert-OH is 1. The van der Waals surface area contributed by atoms with Gasteiger partial charge in [-0.25, -0.2) is 0 Å². The molecule has 5 heteroatoms. The molecule has 1 unspecified atom stereocenters. The van der Waals surface area contributed by atoms with Crippen molar-refractivity contribution in [1.82, 2.24) is 9.47 Å². The van der Waals surface area contributed by atoms with Crippen molar-refractivity contribution in [3.8, 4) is 0 Å². The zero-order chi connectivity index (χ0) is 13.1. The summed E-state index contributed by atoms with van der Waals surface area (Å²) in [6, 6.07) is 1.67. The van der Waals surface area contributed by atoms with Gasteiger partial charge < -0.3 is 14.6 Å². The normalized spacial score (nSPS) is 19.5. The van der Waals surface area contributed by atoms with Crippen molar-refractivity contribution in [3.63, 3.8) is 0 Å². The lowest BCUT2D eigenvalue weighted by molar-refractivity contribution is 0.0666. The second kappa shape index (κ2) is 5.76. The first-order chi connectivity index (χ1) is 8.67. The molecule has 4 nitrogen and oxygen atoms in total. The highest BCUT2D eigenvalue weighted by Crippen LogP contribution is 2.22. The van der Waals surface area contributed by atoms with Crippen LogP contribution in [0.25, 0.3) is 0 Å². The van der Waals surface area contributed by atoms with E-state index >= 15 is 0 Å². The third kappa shape index (κ3) is 2.54. The van der Waals surface area contributed by atoms with Gasteiger partial charge in [-0.05, 0) is 25.3 Å². The third-order valence-electron chi connectivity index (χ3n) is 3.40. The van der Waals surface area contributed by atoms with Gasteiger partial charge in [0.05, 0.1) is 17.7 Å². The van der Waals surface area contributed by atoms with Crippen molar-refractivity contribution in [2.45, 2.75) is 38.8 Å². The van der Waals surface area contributed by atoms with Crippen LogP contribution in [0.2, 0.25) is 5.02 Å². The zero-order valence-electron chi connectivity index (χ0n) is 10.6. The lowest BCUT2D eigenvalue weighted by Crippen LogP contribution is -2.38. The number of carbonyl (C=O) groups excluding carboxylic acids is 1.